The van der Waals surface area contributed by atoms with Crippen molar-refractivity contribution < 1.29 is 23.8 Å². The van der Waals surface area contributed by atoms with Crippen molar-refractivity contribution in [3.63, 3.8) is 0 Å². The van der Waals surface area contributed by atoms with Gasteiger partial charge in [0, 0.05) is 17.8 Å². The Balaban J connectivity index is 1.79. The van der Waals surface area contributed by atoms with Gasteiger partial charge in [0.25, 0.3) is 0 Å². The first kappa shape index (κ1) is 22.6. The van der Waals surface area contributed by atoms with Gasteiger partial charge in [0.1, 0.15) is 12.4 Å². The first-order chi connectivity index (χ1) is 14.9. The minimum absolute atomic E-state index is 0.0735. The van der Waals surface area contributed by atoms with Gasteiger partial charge >= 0.3 is 5.97 Å². The molecule has 0 radical (unpaired) electrons. The van der Waals surface area contributed by atoms with E-state index in [9.17, 15) is 14.3 Å². The van der Waals surface area contributed by atoms with E-state index in [1.807, 2.05) is 25.1 Å². The summed E-state index contributed by atoms with van der Waals surface area (Å²) in [5, 5.41) is 12.6. The fraction of sp³-hybridized carbons (Fsp3) is 0.208. The largest absolute Gasteiger partial charge is 0.490 e. The lowest BCUT2D eigenvalue weighted by Gasteiger charge is -2.17. The van der Waals surface area contributed by atoms with Crippen LogP contribution in [0.25, 0.3) is 0 Å². The summed E-state index contributed by atoms with van der Waals surface area (Å²) in [7, 11) is 0. The minimum Gasteiger partial charge on any atom is -0.490 e. The highest BCUT2D eigenvalue weighted by atomic mass is 79.9. The number of carbonyl (C=O) groups is 1. The van der Waals surface area contributed by atoms with E-state index >= 15 is 0 Å². The lowest BCUT2D eigenvalue weighted by atomic mass is 10.1. The van der Waals surface area contributed by atoms with Gasteiger partial charge in [-0.3, -0.25) is 0 Å². The predicted octanol–water partition coefficient (Wildman–Crippen LogP) is 6.18. The number of rotatable bonds is 9. The number of hydrogen-bond acceptors (Lipinski definition) is 4. The number of carboxylic acid groups (broad SMARTS) is 1. The molecule has 0 aromatic heterocycles. The number of aromatic carboxylic acids is 1. The summed E-state index contributed by atoms with van der Waals surface area (Å²) < 4.78 is 26.2. The predicted molar refractivity (Wildman–Crippen MR) is 122 cm³/mol. The number of ether oxygens (including phenoxy) is 2. The Morgan fingerprint density at radius 1 is 1.13 bits per heavy atom. The maximum atomic E-state index is 13.9. The Labute approximate surface area is 189 Å². The molecule has 0 amide bonds. The second-order valence-electron chi connectivity index (χ2n) is 6.85. The standard InChI is InChI=1S/C24H23BrFNO4/c1-3-30-22-12-16(13-27-21-10-6-8-18(15(21)2)24(28)29)11-19(25)23(22)31-14-17-7-4-5-9-20(17)26/h4-12,27H,3,13-14H2,1-2H3,(H,28,29). The molecule has 3 aromatic rings. The second kappa shape index (κ2) is 10.3. The van der Waals surface area contributed by atoms with Crippen LogP contribution in [-0.4, -0.2) is 17.7 Å². The number of anilines is 1. The van der Waals surface area contributed by atoms with Crippen molar-refractivity contribution in [2.24, 2.45) is 0 Å². The summed E-state index contributed by atoms with van der Waals surface area (Å²) in [6.45, 7) is 4.62. The van der Waals surface area contributed by atoms with Gasteiger partial charge in [-0.05, 0) is 71.2 Å². The van der Waals surface area contributed by atoms with Crippen LogP contribution in [0.3, 0.4) is 0 Å². The van der Waals surface area contributed by atoms with Crippen LogP contribution < -0.4 is 14.8 Å². The molecule has 0 aliphatic rings. The summed E-state index contributed by atoms with van der Waals surface area (Å²) in [6.07, 6.45) is 0. The van der Waals surface area contributed by atoms with Crippen LogP contribution in [0.15, 0.2) is 59.1 Å². The molecule has 31 heavy (non-hydrogen) atoms. The van der Waals surface area contributed by atoms with Gasteiger partial charge in [0.2, 0.25) is 0 Å². The van der Waals surface area contributed by atoms with E-state index in [0.29, 0.717) is 40.3 Å². The summed E-state index contributed by atoms with van der Waals surface area (Å²) in [4.78, 5) is 11.3. The van der Waals surface area contributed by atoms with Gasteiger partial charge in [0.15, 0.2) is 11.5 Å². The van der Waals surface area contributed by atoms with E-state index in [4.69, 9.17) is 9.47 Å². The third-order valence-electron chi connectivity index (χ3n) is 4.75. The van der Waals surface area contributed by atoms with Gasteiger partial charge in [-0.15, -0.1) is 0 Å². The highest BCUT2D eigenvalue weighted by Crippen LogP contribution is 2.38. The highest BCUT2D eigenvalue weighted by Gasteiger charge is 2.15. The SMILES string of the molecule is CCOc1cc(CNc2cccc(C(=O)O)c2C)cc(Br)c1OCc1ccccc1F. The molecule has 0 unspecified atom stereocenters. The van der Waals surface area contributed by atoms with Crippen molar-refractivity contribution in [3.05, 3.63) is 87.1 Å². The number of nitrogens with one attached hydrogen (secondary N) is 1. The van der Waals surface area contributed by atoms with Crippen LogP contribution in [0.4, 0.5) is 10.1 Å². The molecule has 0 aliphatic heterocycles. The smallest absolute Gasteiger partial charge is 0.336 e. The molecular formula is C24H23BrFNO4. The number of benzene rings is 3. The van der Waals surface area contributed by atoms with Gasteiger partial charge in [0.05, 0.1) is 16.6 Å². The fourth-order valence-corrected chi connectivity index (χ4v) is 3.75. The number of carboxylic acids is 1. The van der Waals surface area contributed by atoms with Crippen LogP contribution in [0.1, 0.15) is 34.0 Å². The topological polar surface area (TPSA) is 67.8 Å². The van der Waals surface area contributed by atoms with Crippen molar-refractivity contribution in [3.8, 4) is 11.5 Å². The van der Waals surface area contributed by atoms with Crippen molar-refractivity contribution in [2.75, 3.05) is 11.9 Å². The van der Waals surface area contributed by atoms with Crippen molar-refractivity contribution in [1.29, 1.82) is 0 Å². The van der Waals surface area contributed by atoms with E-state index < -0.39 is 5.97 Å². The Morgan fingerprint density at radius 3 is 2.61 bits per heavy atom. The average Bonchev–Trinajstić information content (AvgIpc) is 2.73. The van der Waals surface area contributed by atoms with Crippen LogP contribution in [0.2, 0.25) is 0 Å². The van der Waals surface area contributed by atoms with Crippen LogP contribution in [-0.2, 0) is 13.2 Å². The van der Waals surface area contributed by atoms with Crippen molar-refractivity contribution in [1.82, 2.24) is 0 Å². The molecule has 0 spiro atoms. The molecule has 162 valence electrons. The molecule has 2 N–H and O–H groups in total. The zero-order chi connectivity index (χ0) is 22.4. The summed E-state index contributed by atoms with van der Waals surface area (Å²) in [5.41, 5.74) is 3.04. The normalized spacial score (nSPS) is 10.6. The lowest BCUT2D eigenvalue weighted by Crippen LogP contribution is -2.07. The molecule has 0 fully saturated rings. The van der Waals surface area contributed by atoms with Crippen LogP contribution >= 0.6 is 15.9 Å². The first-order valence-electron chi connectivity index (χ1n) is 9.79. The van der Waals surface area contributed by atoms with E-state index in [2.05, 4.69) is 21.2 Å². The second-order valence-corrected chi connectivity index (χ2v) is 7.71. The highest BCUT2D eigenvalue weighted by molar-refractivity contribution is 9.10. The molecule has 7 heteroatoms. The molecule has 0 saturated heterocycles. The van der Waals surface area contributed by atoms with Crippen LogP contribution in [0.5, 0.6) is 11.5 Å². The molecule has 0 heterocycles. The molecule has 0 aliphatic carbocycles. The quantitative estimate of drug-likeness (QED) is 0.376. The van der Waals surface area contributed by atoms with E-state index in [0.717, 1.165) is 11.3 Å². The van der Waals surface area contributed by atoms with Crippen molar-refractivity contribution >= 4 is 27.6 Å². The lowest BCUT2D eigenvalue weighted by molar-refractivity contribution is 0.0696. The zero-order valence-corrected chi connectivity index (χ0v) is 18.8. The Bertz CT molecular complexity index is 1090. The fourth-order valence-electron chi connectivity index (χ4n) is 3.15. The molecule has 3 rings (SSSR count). The summed E-state index contributed by atoms with van der Waals surface area (Å²) >= 11 is 3.53. The zero-order valence-electron chi connectivity index (χ0n) is 17.2. The molecule has 0 saturated carbocycles. The Morgan fingerprint density at radius 2 is 1.90 bits per heavy atom. The monoisotopic (exact) mass is 487 g/mol. The van der Waals surface area contributed by atoms with E-state index in [-0.39, 0.29) is 18.0 Å². The van der Waals surface area contributed by atoms with E-state index in [1.165, 1.54) is 6.07 Å². The van der Waals surface area contributed by atoms with Gasteiger partial charge in [-0.25, -0.2) is 9.18 Å². The number of hydrogen-bond donors (Lipinski definition) is 2. The maximum absolute atomic E-state index is 13.9. The molecule has 5 nitrogen and oxygen atoms in total. The molecule has 3 aromatic carbocycles. The van der Waals surface area contributed by atoms with Crippen molar-refractivity contribution in [2.45, 2.75) is 27.0 Å². The summed E-state index contributed by atoms with van der Waals surface area (Å²) in [5.74, 6) is -0.242. The maximum Gasteiger partial charge on any atom is 0.336 e. The average molecular weight is 488 g/mol. The molecule has 0 bridgehead atoms. The Hall–Kier alpha value is -3.06. The number of halogens is 2. The third-order valence-corrected chi connectivity index (χ3v) is 5.34. The van der Waals surface area contributed by atoms with E-state index in [1.54, 1.807) is 37.3 Å². The molecular weight excluding hydrogens is 465 g/mol. The van der Waals surface area contributed by atoms with Crippen LogP contribution in [0, 0.1) is 12.7 Å². The summed E-state index contributed by atoms with van der Waals surface area (Å²) in [6, 6.07) is 15.3. The van der Waals surface area contributed by atoms with Gasteiger partial charge in [-0.1, -0.05) is 24.3 Å². The Kier molecular flexibility index (Phi) is 7.52. The van der Waals surface area contributed by atoms with Gasteiger partial charge < -0.3 is 19.9 Å². The third kappa shape index (κ3) is 5.55. The minimum atomic E-state index is -0.959. The molecule has 0 atom stereocenters. The van der Waals surface area contributed by atoms with Gasteiger partial charge in [-0.2, -0.15) is 0 Å². The first-order valence-corrected chi connectivity index (χ1v) is 10.6.